The number of ether oxygens (including phenoxy) is 1. The van der Waals surface area contributed by atoms with Gasteiger partial charge in [-0.05, 0) is 55.3 Å². The first-order chi connectivity index (χ1) is 15.7. The van der Waals surface area contributed by atoms with Crippen LogP contribution in [0.1, 0.15) is 16.8 Å². The first-order valence-corrected chi connectivity index (χ1v) is 12.1. The molecule has 1 saturated heterocycles. The number of carbonyl (C=O) groups is 1. The van der Waals surface area contributed by atoms with Crippen molar-refractivity contribution in [3.8, 4) is 16.9 Å². The first kappa shape index (κ1) is 24.0. The lowest BCUT2D eigenvalue weighted by Crippen LogP contribution is -2.28. The van der Waals surface area contributed by atoms with Gasteiger partial charge in [-0.3, -0.25) is 4.79 Å². The summed E-state index contributed by atoms with van der Waals surface area (Å²) in [5.41, 5.74) is -1.28. The van der Waals surface area contributed by atoms with Crippen molar-refractivity contribution in [1.29, 1.82) is 0 Å². The lowest BCUT2D eigenvalue weighted by Gasteiger charge is -2.22. The number of pyridine rings is 1. The topological polar surface area (TPSA) is 70.6 Å². The van der Waals surface area contributed by atoms with Crippen LogP contribution in [0.25, 0.3) is 11.1 Å². The van der Waals surface area contributed by atoms with Crippen LogP contribution in [0.5, 0.6) is 5.75 Å². The number of aromatic nitrogens is 2. The van der Waals surface area contributed by atoms with E-state index in [1.54, 1.807) is 18.5 Å². The molecule has 0 unspecified atom stereocenters. The Kier molecular flexibility index (Phi) is 7.31. The zero-order chi connectivity index (χ0) is 23.6. The molecule has 0 aliphatic carbocycles. The number of benzene rings is 1. The lowest BCUT2D eigenvalue weighted by molar-refractivity contribution is -0.0964. The summed E-state index contributed by atoms with van der Waals surface area (Å²) in [6.45, 7) is 1.72. The quantitative estimate of drug-likeness (QED) is 0.218. The van der Waals surface area contributed by atoms with Gasteiger partial charge in [0.15, 0.2) is 0 Å². The largest absolute Gasteiger partial charge is 0.487 e. The van der Waals surface area contributed by atoms with Gasteiger partial charge in [0.25, 0.3) is 5.91 Å². The van der Waals surface area contributed by atoms with Gasteiger partial charge in [0.1, 0.15) is 11.6 Å². The Morgan fingerprint density at radius 2 is 2.12 bits per heavy atom. The van der Waals surface area contributed by atoms with E-state index in [9.17, 15) is 13.6 Å². The molecule has 0 spiro atoms. The minimum atomic E-state index is -3.80. The number of likely N-dealkylation sites (N-methyl/N-ethyl adjacent to an activating group) is 1. The van der Waals surface area contributed by atoms with E-state index in [1.165, 1.54) is 35.8 Å². The van der Waals surface area contributed by atoms with Crippen LogP contribution in [0.3, 0.4) is 0 Å². The number of alkyl halides is 3. The summed E-state index contributed by atoms with van der Waals surface area (Å²) < 4.78 is 36.2. The average Bonchev–Trinajstić information content (AvgIpc) is 3.46. The van der Waals surface area contributed by atoms with E-state index >= 15 is 0 Å². The number of anilines is 2. The molecule has 1 aliphatic heterocycles. The van der Waals surface area contributed by atoms with E-state index in [-0.39, 0.29) is 11.7 Å². The molecule has 33 heavy (non-hydrogen) atoms. The molecule has 0 bridgehead atoms. The number of halogens is 4. The Morgan fingerprint density at radius 1 is 1.36 bits per heavy atom. The van der Waals surface area contributed by atoms with E-state index < -0.39 is 5.57 Å². The monoisotopic (exact) mass is 605 g/mol. The first-order valence-electron chi connectivity index (χ1n) is 9.90. The number of nitrogens with one attached hydrogen (secondary N) is 1. The standard InChI is InChI=1S/C21H19ClF2IN5O2S/c1-29(25)16-6-7-30(11-16)19-18(14-10-27-33-12-14)8-13(9-26-19)20(31)28-15-2-4-17(5-3-15)32-21(22,23)24/h2-5,8-10,12,16H,6-7,11H2,1H3,(H,28,31)/t16-/m1/s1. The van der Waals surface area contributed by atoms with Crippen LogP contribution in [-0.4, -0.2) is 50.1 Å². The van der Waals surface area contributed by atoms with Crippen LogP contribution in [0, 0.1) is 0 Å². The molecule has 1 N–H and O–H groups in total. The van der Waals surface area contributed by atoms with E-state index in [0.29, 0.717) is 17.3 Å². The molecule has 1 atom stereocenters. The summed E-state index contributed by atoms with van der Waals surface area (Å²) in [7, 11) is 2.05. The van der Waals surface area contributed by atoms with Crippen LogP contribution in [0.4, 0.5) is 20.3 Å². The molecule has 1 aromatic carbocycles. The second-order valence-electron chi connectivity index (χ2n) is 7.45. The second kappa shape index (κ2) is 10.0. The Bertz CT molecular complexity index is 1110. The zero-order valence-electron chi connectivity index (χ0n) is 17.3. The van der Waals surface area contributed by atoms with Crippen molar-refractivity contribution in [2.45, 2.75) is 18.0 Å². The molecule has 174 valence electrons. The Hall–Kier alpha value is -2.09. The Labute approximate surface area is 212 Å². The minimum Gasteiger partial charge on any atom is -0.420 e. The number of rotatable bonds is 7. The molecule has 0 radical (unpaired) electrons. The highest BCUT2D eigenvalue weighted by Gasteiger charge is 2.29. The molecule has 7 nitrogen and oxygen atoms in total. The van der Waals surface area contributed by atoms with E-state index in [2.05, 4.69) is 57.3 Å². The summed E-state index contributed by atoms with van der Waals surface area (Å²) in [5, 5.41) is 4.66. The molecule has 1 aliphatic rings. The van der Waals surface area contributed by atoms with Crippen molar-refractivity contribution < 1.29 is 18.3 Å². The summed E-state index contributed by atoms with van der Waals surface area (Å²) in [6.07, 6.45) is 4.33. The molecule has 1 amide bonds. The molecule has 12 heteroatoms. The van der Waals surface area contributed by atoms with Gasteiger partial charge in [0, 0.05) is 88.2 Å². The second-order valence-corrected chi connectivity index (χ2v) is 10.1. The van der Waals surface area contributed by atoms with Gasteiger partial charge >= 0.3 is 5.57 Å². The van der Waals surface area contributed by atoms with Crippen molar-refractivity contribution in [3.63, 3.8) is 0 Å². The van der Waals surface area contributed by atoms with Gasteiger partial charge < -0.3 is 15.0 Å². The van der Waals surface area contributed by atoms with E-state index in [0.717, 1.165) is 36.5 Å². The molecule has 1 fully saturated rings. The minimum absolute atomic E-state index is 0.118. The van der Waals surface area contributed by atoms with Crippen molar-refractivity contribution in [3.05, 3.63) is 53.7 Å². The predicted molar refractivity (Wildman–Crippen MR) is 134 cm³/mol. The lowest BCUT2D eigenvalue weighted by atomic mass is 10.1. The fourth-order valence-corrected chi connectivity index (χ4v) is 4.63. The number of amides is 1. The summed E-state index contributed by atoms with van der Waals surface area (Å²) in [6, 6.07) is 7.72. The molecule has 4 rings (SSSR count). The van der Waals surface area contributed by atoms with Crippen LogP contribution in [0.2, 0.25) is 0 Å². The maximum Gasteiger partial charge on any atom is 0.487 e. The molecule has 3 heterocycles. The third-order valence-electron chi connectivity index (χ3n) is 5.18. The molecule has 0 saturated carbocycles. The number of carbonyl (C=O) groups excluding carboxylic acids is 1. The smallest absolute Gasteiger partial charge is 0.420 e. The van der Waals surface area contributed by atoms with Crippen molar-refractivity contribution in [2.24, 2.45) is 0 Å². The van der Waals surface area contributed by atoms with Crippen LogP contribution >= 0.6 is 46.0 Å². The summed E-state index contributed by atoms with van der Waals surface area (Å²) in [4.78, 5) is 19.7. The third-order valence-corrected chi connectivity index (χ3v) is 6.64. The number of nitrogens with zero attached hydrogens (tertiary/aromatic N) is 4. The number of hydrogen-bond acceptors (Lipinski definition) is 7. The van der Waals surface area contributed by atoms with Crippen molar-refractivity contribution in [2.75, 3.05) is 30.4 Å². The van der Waals surface area contributed by atoms with E-state index in [4.69, 9.17) is 11.6 Å². The Morgan fingerprint density at radius 3 is 2.73 bits per heavy atom. The van der Waals surface area contributed by atoms with Crippen molar-refractivity contribution >= 4 is 63.4 Å². The van der Waals surface area contributed by atoms with E-state index in [1.807, 2.05) is 5.38 Å². The van der Waals surface area contributed by atoms with Crippen LogP contribution in [-0.2, 0) is 0 Å². The summed E-state index contributed by atoms with van der Waals surface area (Å²) >= 11 is 8.40. The van der Waals surface area contributed by atoms with Crippen molar-refractivity contribution in [1.82, 2.24) is 12.5 Å². The fourth-order valence-electron chi connectivity index (χ4n) is 3.55. The maximum absolute atomic E-state index is 12.9. The van der Waals surface area contributed by atoms with Gasteiger partial charge in [-0.15, -0.1) is 8.78 Å². The van der Waals surface area contributed by atoms with Gasteiger partial charge in [0.05, 0.1) is 5.56 Å². The summed E-state index contributed by atoms with van der Waals surface area (Å²) in [5.74, 6) is 0.324. The SMILES string of the molecule is CN(I)[C@@H]1CCN(c2ncc(C(=O)Nc3ccc(OC(F)(F)Cl)cc3)cc2-c2cnsc2)C1. The van der Waals surface area contributed by atoms with Gasteiger partial charge in [-0.2, -0.15) is 0 Å². The highest BCUT2D eigenvalue weighted by molar-refractivity contribution is 14.1. The highest BCUT2D eigenvalue weighted by atomic mass is 127. The average molecular weight is 606 g/mol. The predicted octanol–water partition coefficient (Wildman–Crippen LogP) is 5.49. The third kappa shape index (κ3) is 6.08. The molecular formula is C21H19ClF2IN5O2S. The number of hydrogen-bond donors (Lipinski definition) is 1. The van der Waals surface area contributed by atoms with Gasteiger partial charge in [0.2, 0.25) is 0 Å². The van der Waals surface area contributed by atoms with Gasteiger partial charge in [-0.1, -0.05) is 0 Å². The molecular weight excluding hydrogens is 587 g/mol. The van der Waals surface area contributed by atoms with Gasteiger partial charge in [-0.25, -0.2) is 12.5 Å². The molecule has 2 aromatic heterocycles. The highest BCUT2D eigenvalue weighted by Crippen LogP contribution is 2.34. The zero-order valence-corrected chi connectivity index (χ0v) is 21.1. The molecule has 3 aromatic rings. The fraction of sp³-hybridized carbons (Fsp3) is 0.286. The van der Waals surface area contributed by atoms with Crippen LogP contribution < -0.4 is 15.0 Å². The normalized spacial score (nSPS) is 16.3. The Balaban J connectivity index is 1.55. The maximum atomic E-state index is 12.9. The van der Waals surface area contributed by atoms with Crippen LogP contribution in [0.15, 0.2) is 48.1 Å².